The zero-order chi connectivity index (χ0) is 16.1. The van der Waals surface area contributed by atoms with Crippen molar-refractivity contribution in [1.82, 2.24) is 15.2 Å². The first kappa shape index (κ1) is 22.5. The molecule has 2 fully saturated rings. The smallest absolute Gasteiger partial charge is 0.222 e. The van der Waals surface area contributed by atoms with Gasteiger partial charge in [0.25, 0.3) is 0 Å². The molecule has 0 spiro atoms. The topological polar surface area (TPSA) is 48.5 Å². The van der Waals surface area contributed by atoms with Gasteiger partial charge in [-0.2, -0.15) is 0 Å². The number of anilines is 1. The summed E-state index contributed by atoms with van der Waals surface area (Å²) in [5, 5.41) is 6.56. The second kappa shape index (κ2) is 11.2. The average molecular weight is 409 g/mol. The van der Waals surface area contributed by atoms with Gasteiger partial charge in [-0.25, -0.2) is 4.98 Å². The number of aromatic nitrogens is 1. The van der Waals surface area contributed by atoms with Gasteiger partial charge in [-0.15, -0.1) is 36.2 Å². The predicted octanol–water partition coefficient (Wildman–Crippen LogP) is 3.05. The Bertz CT molecular complexity index is 497. The second-order valence-corrected chi connectivity index (χ2v) is 7.70. The summed E-state index contributed by atoms with van der Waals surface area (Å²) in [7, 11) is 0. The van der Waals surface area contributed by atoms with Crippen LogP contribution in [0, 0.1) is 11.8 Å². The number of hydrogen-bond donors (Lipinski definition) is 1. The summed E-state index contributed by atoms with van der Waals surface area (Å²) in [5.41, 5.74) is 0. The van der Waals surface area contributed by atoms with Crippen LogP contribution in [0.1, 0.15) is 32.6 Å². The van der Waals surface area contributed by atoms with Crippen molar-refractivity contribution in [3.63, 3.8) is 0 Å². The predicted molar refractivity (Wildman–Crippen MR) is 109 cm³/mol. The maximum absolute atomic E-state index is 12.7. The van der Waals surface area contributed by atoms with E-state index in [4.69, 9.17) is 0 Å². The molecule has 1 aromatic rings. The zero-order valence-corrected chi connectivity index (χ0v) is 17.3. The number of hydrogen-bond acceptors (Lipinski definition) is 5. The molecule has 0 saturated carbocycles. The minimum Gasteiger partial charge on any atom is -0.346 e. The van der Waals surface area contributed by atoms with Crippen LogP contribution in [0.25, 0.3) is 0 Å². The molecule has 2 saturated heterocycles. The largest absolute Gasteiger partial charge is 0.346 e. The summed E-state index contributed by atoms with van der Waals surface area (Å²) in [5.74, 6) is 1.48. The van der Waals surface area contributed by atoms with E-state index >= 15 is 0 Å². The molecule has 25 heavy (non-hydrogen) atoms. The van der Waals surface area contributed by atoms with Crippen LogP contribution in [0.3, 0.4) is 0 Å². The summed E-state index contributed by atoms with van der Waals surface area (Å²) in [6.45, 7) is 8.07. The van der Waals surface area contributed by atoms with Crippen molar-refractivity contribution in [2.75, 3.05) is 44.2 Å². The molecule has 2 aliphatic rings. The highest BCUT2D eigenvalue weighted by Gasteiger charge is 2.25. The molecule has 1 aromatic heterocycles. The Morgan fingerprint density at radius 2 is 2.16 bits per heavy atom. The van der Waals surface area contributed by atoms with Crippen molar-refractivity contribution in [2.24, 2.45) is 11.8 Å². The first-order valence-electron chi connectivity index (χ1n) is 8.87. The molecule has 3 heterocycles. The zero-order valence-electron chi connectivity index (χ0n) is 14.9. The van der Waals surface area contributed by atoms with E-state index < -0.39 is 0 Å². The Morgan fingerprint density at radius 3 is 2.84 bits per heavy atom. The lowest BCUT2D eigenvalue weighted by Crippen LogP contribution is -2.38. The van der Waals surface area contributed by atoms with E-state index in [9.17, 15) is 4.79 Å². The third-order valence-electron chi connectivity index (χ3n) is 5.17. The van der Waals surface area contributed by atoms with Gasteiger partial charge in [0.05, 0.1) is 0 Å². The lowest BCUT2D eigenvalue weighted by molar-refractivity contribution is -0.132. The van der Waals surface area contributed by atoms with Crippen LogP contribution in [0.5, 0.6) is 0 Å². The normalized spacial score (nSPS) is 22.4. The molecule has 1 amide bonds. The maximum atomic E-state index is 12.7. The van der Waals surface area contributed by atoms with Crippen LogP contribution in [-0.4, -0.2) is 55.1 Å². The minimum absolute atomic E-state index is 0. The Balaban J connectivity index is 0.00000156. The number of nitrogens with one attached hydrogen (secondary N) is 1. The fraction of sp³-hybridized carbons (Fsp3) is 0.765. The highest BCUT2D eigenvalue weighted by molar-refractivity contribution is 7.13. The Labute approximate surface area is 167 Å². The van der Waals surface area contributed by atoms with E-state index in [0.29, 0.717) is 24.2 Å². The van der Waals surface area contributed by atoms with E-state index in [1.807, 2.05) is 11.6 Å². The number of carbonyl (C=O) groups excluding carboxylic acids is 1. The fourth-order valence-corrected chi connectivity index (χ4v) is 4.36. The number of carbonyl (C=O) groups is 1. The average Bonchev–Trinajstić information content (AvgIpc) is 3.00. The highest BCUT2D eigenvalue weighted by atomic mass is 35.5. The van der Waals surface area contributed by atoms with Gasteiger partial charge in [0.1, 0.15) is 0 Å². The summed E-state index contributed by atoms with van der Waals surface area (Å²) >= 11 is 1.68. The minimum atomic E-state index is 0. The van der Waals surface area contributed by atoms with Crippen molar-refractivity contribution >= 4 is 47.2 Å². The van der Waals surface area contributed by atoms with Crippen LogP contribution >= 0.6 is 36.2 Å². The summed E-state index contributed by atoms with van der Waals surface area (Å²) < 4.78 is 0. The number of nitrogens with zero attached hydrogens (tertiary/aromatic N) is 3. The van der Waals surface area contributed by atoms with Crippen molar-refractivity contribution < 1.29 is 4.79 Å². The van der Waals surface area contributed by atoms with Crippen LogP contribution in [0.2, 0.25) is 0 Å². The molecule has 1 N–H and O–H groups in total. The van der Waals surface area contributed by atoms with Crippen LogP contribution in [0.15, 0.2) is 11.6 Å². The van der Waals surface area contributed by atoms with E-state index in [1.54, 1.807) is 11.3 Å². The number of rotatable bonds is 4. The standard InChI is InChI=1S/C17H28N4OS.2ClH/c1-14(15-4-2-5-18-13-15)12-16(22)20-7-3-8-21(10-9-20)17-19-6-11-23-17;;/h6,11,14-15,18H,2-5,7-10,12-13H2,1H3;2*1H. The molecular formula is C17H30Cl2N4OS. The second-order valence-electron chi connectivity index (χ2n) is 6.82. The van der Waals surface area contributed by atoms with Gasteiger partial charge in [-0.3, -0.25) is 4.79 Å². The fourth-order valence-electron chi connectivity index (χ4n) is 3.67. The Kier molecular flexibility index (Phi) is 10.1. The lowest BCUT2D eigenvalue weighted by Gasteiger charge is -2.30. The molecule has 144 valence electrons. The molecule has 0 bridgehead atoms. The SMILES string of the molecule is CC(CC(=O)N1CCCN(c2nccs2)CC1)C1CCCNC1.Cl.Cl. The number of piperidine rings is 1. The van der Waals surface area contributed by atoms with Crippen molar-refractivity contribution in [1.29, 1.82) is 0 Å². The van der Waals surface area contributed by atoms with Gasteiger partial charge < -0.3 is 15.1 Å². The molecule has 0 aromatic carbocycles. The van der Waals surface area contributed by atoms with Crippen LogP contribution < -0.4 is 10.2 Å². The molecule has 0 aliphatic carbocycles. The highest BCUT2D eigenvalue weighted by Crippen LogP contribution is 2.24. The monoisotopic (exact) mass is 408 g/mol. The summed E-state index contributed by atoms with van der Waals surface area (Å²) in [4.78, 5) is 21.4. The molecule has 3 rings (SSSR count). The van der Waals surface area contributed by atoms with Crippen molar-refractivity contribution in [2.45, 2.75) is 32.6 Å². The molecule has 5 nitrogen and oxygen atoms in total. The first-order chi connectivity index (χ1) is 11.2. The van der Waals surface area contributed by atoms with Gasteiger partial charge in [0.2, 0.25) is 5.91 Å². The van der Waals surface area contributed by atoms with Crippen LogP contribution in [0.4, 0.5) is 5.13 Å². The van der Waals surface area contributed by atoms with E-state index in [2.05, 4.69) is 27.0 Å². The van der Waals surface area contributed by atoms with Crippen molar-refractivity contribution in [3.8, 4) is 0 Å². The summed E-state index contributed by atoms with van der Waals surface area (Å²) in [6, 6.07) is 0. The van der Waals surface area contributed by atoms with Gasteiger partial charge in [-0.1, -0.05) is 6.92 Å². The van der Waals surface area contributed by atoms with E-state index in [0.717, 1.165) is 50.8 Å². The molecular weight excluding hydrogens is 379 g/mol. The van der Waals surface area contributed by atoms with Gasteiger partial charge >= 0.3 is 0 Å². The molecule has 0 radical (unpaired) electrons. The van der Waals surface area contributed by atoms with Gasteiger partial charge in [0, 0.05) is 44.2 Å². The van der Waals surface area contributed by atoms with Crippen molar-refractivity contribution in [3.05, 3.63) is 11.6 Å². The number of halogens is 2. The first-order valence-corrected chi connectivity index (χ1v) is 9.75. The maximum Gasteiger partial charge on any atom is 0.222 e. The van der Waals surface area contributed by atoms with Crippen LogP contribution in [-0.2, 0) is 4.79 Å². The molecule has 8 heteroatoms. The van der Waals surface area contributed by atoms with Gasteiger partial charge in [-0.05, 0) is 44.2 Å². The third kappa shape index (κ3) is 6.27. The van der Waals surface area contributed by atoms with E-state index in [1.165, 1.54) is 12.8 Å². The quantitative estimate of drug-likeness (QED) is 0.831. The number of thiazole rings is 1. The van der Waals surface area contributed by atoms with Gasteiger partial charge in [0.15, 0.2) is 5.13 Å². The Morgan fingerprint density at radius 1 is 1.32 bits per heavy atom. The molecule has 2 unspecified atom stereocenters. The number of amides is 1. The Hall–Kier alpha value is -0.560. The lowest BCUT2D eigenvalue weighted by atomic mass is 9.85. The molecule has 2 atom stereocenters. The summed E-state index contributed by atoms with van der Waals surface area (Å²) in [6.07, 6.45) is 6.09. The molecule has 2 aliphatic heterocycles. The third-order valence-corrected chi connectivity index (χ3v) is 6.01. The van der Waals surface area contributed by atoms with E-state index in [-0.39, 0.29) is 24.8 Å².